The second-order valence-electron chi connectivity index (χ2n) is 21.2. The first kappa shape index (κ1) is 57.3. The fourth-order valence-electron chi connectivity index (χ4n) is 8.33. The van der Waals surface area contributed by atoms with Gasteiger partial charge in [0, 0.05) is 12.8 Å². The van der Waals surface area contributed by atoms with Crippen molar-refractivity contribution in [1.29, 1.82) is 0 Å². The Morgan fingerprint density at radius 1 is 0.569 bits per heavy atom. The Labute approximate surface area is 358 Å². The van der Waals surface area contributed by atoms with Crippen LogP contribution in [0.5, 0.6) is 0 Å². The third-order valence-corrected chi connectivity index (χ3v) is 13.1. The summed E-state index contributed by atoms with van der Waals surface area (Å²) in [6.45, 7) is 20.9. The predicted molar refractivity (Wildman–Crippen MR) is 240 cm³/mol. The van der Waals surface area contributed by atoms with Gasteiger partial charge in [-0.25, -0.2) is 0 Å². The van der Waals surface area contributed by atoms with Crippen LogP contribution in [-0.4, -0.2) is 78.9 Å². The molecule has 0 aliphatic carbocycles. The molecular formula is C48H96NO8P. The van der Waals surface area contributed by atoms with Gasteiger partial charge in [-0.1, -0.05) is 185 Å². The van der Waals surface area contributed by atoms with Crippen molar-refractivity contribution in [2.45, 2.75) is 209 Å². The van der Waals surface area contributed by atoms with E-state index >= 15 is 0 Å². The number of carbonyl (C=O) groups is 2. The molecule has 0 saturated carbocycles. The van der Waals surface area contributed by atoms with Gasteiger partial charge >= 0.3 is 0 Å². The van der Waals surface area contributed by atoms with Gasteiger partial charge < -0.3 is 24.1 Å². The molecule has 346 valence electrons. The van der Waals surface area contributed by atoms with Crippen LogP contribution in [0.3, 0.4) is 0 Å². The monoisotopic (exact) mass is 846 g/mol. The van der Waals surface area contributed by atoms with Crippen LogP contribution in [0.1, 0.15) is 198 Å². The van der Waals surface area contributed by atoms with E-state index in [0.717, 1.165) is 62.2 Å². The largest absolute Gasteiger partial charge is 0.756 e. The molecule has 0 fully saturated rings. The fourth-order valence-corrected chi connectivity index (χ4v) is 9.38. The lowest BCUT2D eigenvalue weighted by Gasteiger charge is -2.41. The van der Waals surface area contributed by atoms with E-state index in [1.807, 2.05) is 13.8 Å². The lowest BCUT2D eigenvalue weighted by atomic mass is 9.81. The molecule has 0 aliphatic heterocycles. The topological polar surface area (TPSA) is 133 Å². The number of hydrogen-bond acceptors (Lipinski definition) is 8. The second kappa shape index (κ2) is 30.4. The van der Waals surface area contributed by atoms with E-state index in [4.69, 9.17) is 9.05 Å². The van der Waals surface area contributed by atoms with Gasteiger partial charge in [-0.05, 0) is 47.3 Å². The molecule has 0 amide bonds. The SMILES string of the molecule is CC(C)CCCC(C)CCCC(C)CCCC(C)CC(=O)C(C[N+](C)(C)C)(OP(=O)([O-])OC[C@H](O)CO)C(=O)CC(C)CCCC(C)CCCC(C)CCCC(C)C. The van der Waals surface area contributed by atoms with Gasteiger partial charge in [-0.3, -0.25) is 18.7 Å². The summed E-state index contributed by atoms with van der Waals surface area (Å²) in [5.41, 5.74) is -2.26. The number of phosphoric acid groups is 1. The average Bonchev–Trinajstić information content (AvgIpc) is 3.09. The Hall–Kier alpha value is -0.670. The maximum Gasteiger partial charge on any atom is 0.269 e. The highest BCUT2D eigenvalue weighted by Gasteiger charge is 2.53. The summed E-state index contributed by atoms with van der Waals surface area (Å²) in [6, 6.07) is 0. The zero-order valence-electron chi connectivity index (χ0n) is 40.2. The molecule has 0 bridgehead atoms. The molecule has 0 radical (unpaired) electrons. The average molecular weight is 846 g/mol. The Bertz CT molecular complexity index is 1070. The summed E-state index contributed by atoms with van der Waals surface area (Å²) in [4.78, 5) is 42.2. The Balaban J connectivity index is 5.61. The number of aliphatic hydroxyl groups excluding tert-OH is 2. The number of ketones is 2. The van der Waals surface area contributed by atoms with E-state index in [1.54, 1.807) is 21.1 Å². The number of Topliss-reactive ketones (excluding diaryl/α,β-unsaturated/α-hetero) is 2. The minimum absolute atomic E-state index is 0.00944. The molecule has 0 heterocycles. The van der Waals surface area contributed by atoms with Crippen LogP contribution < -0.4 is 4.89 Å². The van der Waals surface area contributed by atoms with Crippen LogP contribution in [0.15, 0.2) is 0 Å². The smallest absolute Gasteiger partial charge is 0.269 e. The van der Waals surface area contributed by atoms with Crippen molar-refractivity contribution >= 4 is 19.4 Å². The van der Waals surface area contributed by atoms with Gasteiger partial charge in [0.1, 0.15) is 12.6 Å². The molecule has 58 heavy (non-hydrogen) atoms. The van der Waals surface area contributed by atoms with Gasteiger partial charge in [0.05, 0.1) is 34.4 Å². The molecule has 0 spiro atoms. The van der Waals surface area contributed by atoms with E-state index in [-0.39, 0.29) is 35.7 Å². The highest BCUT2D eigenvalue weighted by Crippen LogP contribution is 2.46. The molecule has 0 saturated heterocycles. The van der Waals surface area contributed by atoms with Crippen LogP contribution in [0.25, 0.3) is 0 Å². The summed E-state index contributed by atoms with van der Waals surface area (Å²) in [5, 5.41) is 19.1. The maximum atomic E-state index is 14.4. The molecule has 10 heteroatoms. The Morgan fingerprint density at radius 3 is 1.14 bits per heavy atom. The molecule has 0 aromatic heterocycles. The molecule has 9 nitrogen and oxygen atoms in total. The number of likely N-dealkylation sites (N-methyl/N-ethyl adjacent to an activating group) is 1. The Kier molecular flexibility index (Phi) is 30.0. The van der Waals surface area contributed by atoms with Gasteiger partial charge in [-0.15, -0.1) is 0 Å². The maximum absolute atomic E-state index is 14.4. The van der Waals surface area contributed by atoms with Gasteiger partial charge in [0.25, 0.3) is 7.82 Å². The molecular weight excluding hydrogens is 750 g/mol. The van der Waals surface area contributed by atoms with Crippen molar-refractivity contribution in [2.24, 2.45) is 47.3 Å². The van der Waals surface area contributed by atoms with E-state index in [2.05, 4.69) is 55.4 Å². The predicted octanol–water partition coefficient (Wildman–Crippen LogP) is 11.4. The van der Waals surface area contributed by atoms with Crippen LogP contribution in [-0.2, 0) is 23.2 Å². The number of rotatable bonds is 38. The zero-order valence-corrected chi connectivity index (χ0v) is 41.1. The lowest BCUT2D eigenvalue weighted by molar-refractivity contribution is -0.874. The van der Waals surface area contributed by atoms with Crippen LogP contribution in [0.4, 0.5) is 0 Å². The van der Waals surface area contributed by atoms with Crippen molar-refractivity contribution in [3.8, 4) is 0 Å². The minimum Gasteiger partial charge on any atom is -0.756 e. The Morgan fingerprint density at radius 2 is 0.862 bits per heavy atom. The van der Waals surface area contributed by atoms with Crippen molar-refractivity contribution in [1.82, 2.24) is 0 Å². The molecule has 0 rings (SSSR count). The summed E-state index contributed by atoms with van der Waals surface area (Å²) in [7, 11) is 0.153. The van der Waals surface area contributed by atoms with Crippen LogP contribution in [0, 0.1) is 47.3 Å². The zero-order chi connectivity index (χ0) is 44.5. The number of carbonyl (C=O) groups excluding carboxylic acids is 2. The lowest BCUT2D eigenvalue weighted by Crippen LogP contribution is -2.60. The molecule has 0 aromatic rings. The van der Waals surface area contributed by atoms with E-state index in [1.165, 1.54) is 77.0 Å². The number of aliphatic hydroxyl groups is 2. The van der Waals surface area contributed by atoms with Gasteiger partial charge in [0.15, 0.2) is 11.6 Å². The summed E-state index contributed by atoms with van der Waals surface area (Å²) in [6.07, 6.45) is 19.3. The standard InChI is InChI=1S/C48H96NO8P/c1-37(2)20-14-22-39(5)24-16-26-41(7)28-18-30-43(9)32-46(52)48(36-49(11,12)13,57-58(54,55)56-35-45(51)34-50)47(53)33-44(10)31-19-29-42(8)27-17-25-40(6)23-15-21-38(3)4/h37-45,50-51H,14-36H2,1-13H3/t39?,40?,41?,42?,43?,44?,45-,48?/m1/s1. The van der Waals surface area contributed by atoms with Crippen LogP contribution >= 0.6 is 7.82 Å². The highest BCUT2D eigenvalue weighted by atomic mass is 31.2. The molecule has 2 N–H and O–H groups in total. The van der Waals surface area contributed by atoms with E-state index in [9.17, 15) is 29.3 Å². The number of hydrogen-bond donors (Lipinski definition) is 2. The van der Waals surface area contributed by atoms with Crippen molar-refractivity contribution in [3.05, 3.63) is 0 Å². The van der Waals surface area contributed by atoms with Crippen molar-refractivity contribution < 1.29 is 42.8 Å². The van der Waals surface area contributed by atoms with Gasteiger partial charge in [-0.2, -0.15) is 0 Å². The molecule has 0 aromatic carbocycles. The molecule has 0 aliphatic rings. The number of phosphoric ester groups is 1. The van der Waals surface area contributed by atoms with Crippen LogP contribution in [0.2, 0.25) is 0 Å². The summed E-state index contributed by atoms with van der Waals surface area (Å²) < 4.78 is 24.1. The quantitative estimate of drug-likeness (QED) is 0.0356. The summed E-state index contributed by atoms with van der Waals surface area (Å²) >= 11 is 0. The first-order valence-corrected chi connectivity index (χ1v) is 25.2. The first-order valence-electron chi connectivity index (χ1n) is 23.7. The van der Waals surface area contributed by atoms with Crippen molar-refractivity contribution in [3.63, 3.8) is 0 Å². The van der Waals surface area contributed by atoms with E-state index in [0.29, 0.717) is 11.8 Å². The third kappa shape index (κ3) is 28.8. The minimum atomic E-state index is -5.26. The van der Waals surface area contributed by atoms with E-state index < -0.39 is 44.3 Å². The molecule has 7 unspecified atom stereocenters. The molecule has 8 atom stereocenters. The van der Waals surface area contributed by atoms with Gasteiger partial charge in [0.2, 0.25) is 5.60 Å². The number of nitrogens with zero attached hydrogens (tertiary/aromatic N) is 1. The summed E-state index contributed by atoms with van der Waals surface area (Å²) in [5.74, 6) is 2.99. The highest BCUT2D eigenvalue weighted by molar-refractivity contribution is 7.46. The third-order valence-electron chi connectivity index (χ3n) is 12.1. The fraction of sp³-hybridized carbons (Fsp3) is 0.958. The second-order valence-corrected chi connectivity index (χ2v) is 22.5. The van der Waals surface area contributed by atoms with Crippen molar-refractivity contribution in [2.75, 3.05) is 40.9 Å². The normalized spacial score (nSPS) is 18.3. The first-order chi connectivity index (χ1) is 26.9. The number of quaternary nitrogens is 1.